The molecule has 0 fully saturated rings. The number of aliphatic carboxylic acids is 1. The summed E-state index contributed by atoms with van der Waals surface area (Å²) in [5.74, 6) is -2.42. The molecular formula is C27H42N4O6S. The Hall–Kier alpha value is -3.08. The molecule has 0 saturated heterocycles. The minimum absolute atomic E-state index is 0.0489. The van der Waals surface area contributed by atoms with E-state index < -0.39 is 47.9 Å². The summed E-state index contributed by atoms with van der Waals surface area (Å²) in [7, 11) is 0. The minimum atomic E-state index is -1.18. The van der Waals surface area contributed by atoms with E-state index in [-0.39, 0.29) is 18.3 Å². The molecule has 5 N–H and O–H groups in total. The van der Waals surface area contributed by atoms with Gasteiger partial charge in [-0.15, -0.1) is 0 Å². The average Bonchev–Trinajstić information content (AvgIpc) is 2.88. The van der Waals surface area contributed by atoms with Gasteiger partial charge in [0.2, 0.25) is 24.1 Å². The van der Waals surface area contributed by atoms with E-state index in [0.29, 0.717) is 31.4 Å². The predicted octanol–water partition coefficient (Wildman–Crippen LogP) is 1.73. The second-order valence-electron chi connectivity index (χ2n) is 9.77. The van der Waals surface area contributed by atoms with Crippen LogP contribution in [-0.4, -0.2) is 71.4 Å². The summed E-state index contributed by atoms with van der Waals surface area (Å²) in [6.07, 6.45) is 3.71. The Bertz CT molecular complexity index is 914. The van der Waals surface area contributed by atoms with Crippen LogP contribution >= 0.6 is 11.8 Å². The molecule has 0 unspecified atom stereocenters. The summed E-state index contributed by atoms with van der Waals surface area (Å²) in [6.45, 7) is 7.47. The van der Waals surface area contributed by atoms with Crippen molar-refractivity contribution in [1.82, 2.24) is 21.3 Å². The third kappa shape index (κ3) is 11.5. The number of carboxylic acid groups (broad SMARTS) is 1. The van der Waals surface area contributed by atoms with Crippen LogP contribution in [0, 0.1) is 11.8 Å². The van der Waals surface area contributed by atoms with Gasteiger partial charge >= 0.3 is 5.97 Å². The zero-order valence-electron chi connectivity index (χ0n) is 22.9. The average molecular weight is 551 g/mol. The molecule has 0 spiro atoms. The largest absolute Gasteiger partial charge is 0.480 e. The maximum atomic E-state index is 13.3. The monoisotopic (exact) mass is 550 g/mol. The Morgan fingerprint density at radius 2 is 1.53 bits per heavy atom. The lowest BCUT2D eigenvalue weighted by Gasteiger charge is -2.29. The number of carbonyl (C=O) groups excluding carboxylic acids is 4. The molecule has 1 rings (SSSR count). The number of hydrogen-bond donors (Lipinski definition) is 5. The van der Waals surface area contributed by atoms with E-state index >= 15 is 0 Å². The Morgan fingerprint density at radius 1 is 0.921 bits per heavy atom. The van der Waals surface area contributed by atoms with Gasteiger partial charge in [-0.05, 0) is 42.2 Å². The van der Waals surface area contributed by atoms with Gasteiger partial charge in [0, 0.05) is 6.42 Å². The topological polar surface area (TPSA) is 154 Å². The van der Waals surface area contributed by atoms with Crippen molar-refractivity contribution < 1.29 is 29.1 Å². The van der Waals surface area contributed by atoms with E-state index in [4.69, 9.17) is 0 Å². The smallest absolute Gasteiger partial charge is 0.326 e. The van der Waals surface area contributed by atoms with Crippen LogP contribution in [-0.2, 0) is 30.4 Å². The molecule has 0 bridgehead atoms. The third-order valence-electron chi connectivity index (χ3n) is 6.23. The Kier molecular flexibility index (Phi) is 15.1. The van der Waals surface area contributed by atoms with Gasteiger partial charge in [0.1, 0.15) is 24.2 Å². The molecule has 0 aliphatic carbocycles. The maximum absolute atomic E-state index is 13.3. The van der Waals surface area contributed by atoms with Gasteiger partial charge in [-0.2, -0.15) is 11.8 Å². The zero-order chi connectivity index (χ0) is 28.7. The highest BCUT2D eigenvalue weighted by Crippen LogP contribution is 2.13. The zero-order valence-corrected chi connectivity index (χ0v) is 23.7. The second kappa shape index (κ2) is 17.4. The lowest BCUT2D eigenvalue weighted by Crippen LogP contribution is -2.59. The van der Waals surface area contributed by atoms with E-state index in [9.17, 15) is 29.1 Å². The van der Waals surface area contributed by atoms with Gasteiger partial charge in [-0.25, -0.2) is 4.79 Å². The second-order valence-corrected chi connectivity index (χ2v) is 10.8. The van der Waals surface area contributed by atoms with Crippen LogP contribution in [0.4, 0.5) is 0 Å². The van der Waals surface area contributed by atoms with Crippen LogP contribution in [0.2, 0.25) is 0 Å². The molecule has 212 valence electrons. The fourth-order valence-electron chi connectivity index (χ4n) is 3.85. The van der Waals surface area contributed by atoms with Crippen LogP contribution < -0.4 is 21.3 Å². The summed E-state index contributed by atoms with van der Waals surface area (Å²) >= 11 is 1.53. The highest BCUT2D eigenvalue weighted by molar-refractivity contribution is 7.98. The molecule has 0 radical (unpaired) electrons. The minimum Gasteiger partial charge on any atom is -0.480 e. The molecular weight excluding hydrogens is 508 g/mol. The Balaban J connectivity index is 3.06. The molecule has 0 aliphatic heterocycles. The van der Waals surface area contributed by atoms with E-state index in [0.717, 1.165) is 5.56 Å². The fraction of sp³-hybridized carbons (Fsp3) is 0.593. The summed E-state index contributed by atoms with van der Waals surface area (Å²) in [5.41, 5.74) is 0.754. The molecule has 0 aliphatic rings. The highest BCUT2D eigenvalue weighted by atomic mass is 32.2. The van der Waals surface area contributed by atoms with E-state index in [1.807, 2.05) is 33.1 Å². The van der Waals surface area contributed by atoms with Gasteiger partial charge < -0.3 is 26.4 Å². The number of amides is 4. The number of nitrogens with one attached hydrogen (secondary N) is 4. The third-order valence-corrected chi connectivity index (χ3v) is 6.87. The molecule has 5 atom stereocenters. The van der Waals surface area contributed by atoms with Crippen LogP contribution in [0.5, 0.6) is 0 Å². The molecule has 1 aromatic carbocycles. The van der Waals surface area contributed by atoms with Crippen LogP contribution in [0.1, 0.15) is 52.5 Å². The van der Waals surface area contributed by atoms with Crippen molar-refractivity contribution in [2.24, 2.45) is 11.8 Å². The summed E-state index contributed by atoms with van der Waals surface area (Å²) in [5, 5.41) is 20.2. The van der Waals surface area contributed by atoms with Crippen LogP contribution in [0.3, 0.4) is 0 Å². The van der Waals surface area contributed by atoms with Crippen LogP contribution in [0.15, 0.2) is 30.3 Å². The summed E-state index contributed by atoms with van der Waals surface area (Å²) in [4.78, 5) is 62.3. The van der Waals surface area contributed by atoms with Gasteiger partial charge in [0.05, 0.1) is 0 Å². The first-order valence-electron chi connectivity index (χ1n) is 12.9. The van der Waals surface area contributed by atoms with Crippen molar-refractivity contribution in [3.63, 3.8) is 0 Å². The number of hydrogen-bond acceptors (Lipinski definition) is 6. The first kappa shape index (κ1) is 32.9. The van der Waals surface area contributed by atoms with Crippen molar-refractivity contribution in [2.45, 2.75) is 77.5 Å². The van der Waals surface area contributed by atoms with Crippen molar-refractivity contribution in [2.75, 3.05) is 12.0 Å². The number of carbonyl (C=O) groups is 5. The van der Waals surface area contributed by atoms with E-state index in [1.165, 1.54) is 11.8 Å². The molecule has 0 aromatic heterocycles. The Morgan fingerprint density at radius 3 is 2.05 bits per heavy atom. The number of rotatable bonds is 18. The number of thioether (sulfide) groups is 1. The van der Waals surface area contributed by atoms with Gasteiger partial charge in [0.15, 0.2) is 0 Å². The molecule has 0 heterocycles. The fourth-order valence-corrected chi connectivity index (χ4v) is 4.32. The molecule has 11 heteroatoms. The van der Waals surface area contributed by atoms with E-state index in [1.54, 1.807) is 31.2 Å². The molecule has 0 saturated carbocycles. The van der Waals surface area contributed by atoms with Crippen LogP contribution in [0.25, 0.3) is 0 Å². The first-order valence-corrected chi connectivity index (χ1v) is 14.3. The standard InChI is InChI=1S/C27H42N4O6S/c1-6-18(4)23(26(35)30-22(27(36)37)15-19-10-8-7-9-11-19)31-25(34)21(14-17(2)3)29-24(33)20(28-16-32)12-13-38-5/h7-11,16-18,20-23H,6,12-15H2,1-5H3,(H,28,32)(H,29,33)(H,30,35)(H,31,34)(H,36,37)/t18-,20-,21-,22-,23-/m0/s1. The maximum Gasteiger partial charge on any atom is 0.326 e. The predicted molar refractivity (Wildman–Crippen MR) is 148 cm³/mol. The van der Waals surface area contributed by atoms with E-state index in [2.05, 4.69) is 21.3 Å². The molecule has 10 nitrogen and oxygen atoms in total. The number of carboxylic acids is 1. The molecule has 1 aromatic rings. The van der Waals surface area contributed by atoms with Crippen molar-refractivity contribution in [3.8, 4) is 0 Å². The normalized spacial score (nSPS) is 14.9. The first-order chi connectivity index (χ1) is 18.0. The Labute approximate surface area is 229 Å². The van der Waals surface area contributed by atoms with Crippen molar-refractivity contribution >= 4 is 41.9 Å². The van der Waals surface area contributed by atoms with Gasteiger partial charge in [-0.3, -0.25) is 19.2 Å². The molecule has 38 heavy (non-hydrogen) atoms. The molecule has 4 amide bonds. The van der Waals surface area contributed by atoms with Gasteiger partial charge in [0.25, 0.3) is 0 Å². The van der Waals surface area contributed by atoms with Gasteiger partial charge in [-0.1, -0.05) is 64.4 Å². The number of benzene rings is 1. The van der Waals surface area contributed by atoms with Crippen molar-refractivity contribution in [1.29, 1.82) is 0 Å². The lowest BCUT2D eigenvalue weighted by molar-refractivity contribution is -0.142. The lowest BCUT2D eigenvalue weighted by atomic mass is 9.96. The van der Waals surface area contributed by atoms with Crippen molar-refractivity contribution in [3.05, 3.63) is 35.9 Å². The summed E-state index contributed by atoms with van der Waals surface area (Å²) in [6, 6.07) is 5.05. The SMILES string of the molecule is CC[C@H](C)[C@H](NC(=O)[C@H](CC(C)C)NC(=O)[C@H](CCSC)NC=O)C(=O)N[C@@H](Cc1ccccc1)C(=O)O. The summed E-state index contributed by atoms with van der Waals surface area (Å²) < 4.78 is 0. The highest BCUT2D eigenvalue weighted by Gasteiger charge is 2.33. The quantitative estimate of drug-likeness (QED) is 0.174.